The highest BCUT2D eigenvalue weighted by Crippen LogP contribution is 2.18. The summed E-state index contributed by atoms with van der Waals surface area (Å²) in [6.45, 7) is 1.97. The lowest BCUT2D eigenvalue weighted by atomic mass is 10.1. The van der Waals surface area contributed by atoms with E-state index in [2.05, 4.69) is 15.5 Å². The lowest BCUT2D eigenvalue weighted by Crippen LogP contribution is -2.26. The zero-order valence-electron chi connectivity index (χ0n) is 10.9. The fourth-order valence-corrected chi connectivity index (χ4v) is 1.74. The number of rotatable bonds is 5. The van der Waals surface area contributed by atoms with Crippen LogP contribution >= 0.6 is 0 Å². The number of H-pyrrole nitrogens is 1. The van der Waals surface area contributed by atoms with Gasteiger partial charge in [0.05, 0.1) is 5.69 Å². The smallest absolute Gasteiger partial charge is 0.225 e. The number of aromatic amines is 1. The van der Waals surface area contributed by atoms with Gasteiger partial charge in [0.15, 0.2) is 0 Å². The standard InChI is InChI=1S/C14H18N4O/c1-2-11(15)9-14(19)17-12-5-3-10(4-6-12)13-7-8-16-18-13/h3-8,11H,2,9,15H2,1H3,(H,16,18)(H,17,19). The Hall–Kier alpha value is -2.14. The van der Waals surface area contributed by atoms with Gasteiger partial charge in [-0.25, -0.2) is 0 Å². The number of hydrogen-bond donors (Lipinski definition) is 3. The molecule has 0 spiro atoms. The van der Waals surface area contributed by atoms with Gasteiger partial charge in [-0.2, -0.15) is 5.10 Å². The molecule has 0 saturated carbocycles. The van der Waals surface area contributed by atoms with Gasteiger partial charge in [-0.3, -0.25) is 9.89 Å². The number of nitrogens with two attached hydrogens (primary N) is 1. The lowest BCUT2D eigenvalue weighted by molar-refractivity contribution is -0.116. The lowest BCUT2D eigenvalue weighted by Gasteiger charge is -2.09. The number of amides is 1. The second kappa shape index (κ2) is 6.15. The van der Waals surface area contributed by atoms with Gasteiger partial charge >= 0.3 is 0 Å². The first kappa shape index (κ1) is 13.3. The number of carbonyl (C=O) groups excluding carboxylic acids is 1. The van der Waals surface area contributed by atoms with Gasteiger partial charge in [0.1, 0.15) is 0 Å². The van der Waals surface area contributed by atoms with E-state index in [0.717, 1.165) is 23.4 Å². The van der Waals surface area contributed by atoms with Crippen LogP contribution in [0.1, 0.15) is 19.8 Å². The van der Waals surface area contributed by atoms with Crippen molar-refractivity contribution in [2.75, 3.05) is 5.32 Å². The van der Waals surface area contributed by atoms with E-state index in [0.29, 0.717) is 6.42 Å². The van der Waals surface area contributed by atoms with E-state index in [1.165, 1.54) is 0 Å². The molecule has 1 aromatic heterocycles. The van der Waals surface area contributed by atoms with Crippen molar-refractivity contribution in [3.8, 4) is 11.3 Å². The Balaban J connectivity index is 1.97. The molecule has 1 unspecified atom stereocenters. The van der Waals surface area contributed by atoms with Gasteiger partial charge < -0.3 is 11.1 Å². The van der Waals surface area contributed by atoms with Crippen LogP contribution in [0.4, 0.5) is 5.69 Å². The van der Waals surface area contributed by atoms with Crippen LogP contribution in [0.3, 0.4) is 0 Å². The summed E-state index contributed by atoms with van der Waals surface area (Å²) in [6.07, 6.45) is 2.85. The van der Waals surface area contributed by atoms with Crippen molar-refractivity contribution < 1.29 is 4.79 Å². The average Bonchev–Trinajstić information content (AvgIpc) is 2.93. The highest BCUT2D eigenvalue weighted by Gasteiger charge is 2.08. The van der Waals surface area contributed by atoms with E-state index >= 15 is 0 Å². The SMILES string of the molecule is CCC(N)CC(=O)Nc1ccc(-c2ccn[nH]2)cc1. The fourth-order valence-electron chi connectivity index (χ4n) is 1.74. The number of nitrogens with zero attached hydrogens (tertiary/aromatic N) is 1. The maximum atomic E-state index is 11.7. The van der Waals surface area contributed by atoms with Crippen LogP contribution in [0, 0.1) is 0 Å². The van der Waals surface area contributed by atoms with Crippen molar-refractivity contribution in [3.63, 3.8) is 0 Å². The summed E-state index contributed by atoms with van der Waals surface area (Å²) < 4.78 is 0. The van der Waals surface area contributed by atoms with Crippen molar-refractivity contribution in [2.24, 2.45) is 5.73 Å². The van der Waals surface area contributed by atoms with Crippen molar-refractivity contribution in [2.45, 2.75) is 25.8 Å². The normalized spacial score (nSPS) is 12.1. The molecule has 4 N–H and O–H groups in total. The van der Waals surface area contributed by atoms with E-state index in [9.17, 15) is 4.79 Å². The molecule has 5 heteroatoms. The van der Waals surface area contributed by atoms with Crippen LogP contribution in [-0.2, 0) is 4.79 Å². The van der Waals surface area contributed by atoms with Gasteiger partial charge in [0, 0.05) is 24.3 Å². The Labute approximate surface area is 112 Å². The average molecular weight is 258 g/mol. The van der Waals surface area contributed by atoms with Gasteiger partial charge in [0.2, 0.25) is 5.91 Å². The quantitative estimate of drug-likeness (QED) is 0.768. The second-order valence-corrected chi connectivity index (χ2v) is 4.47. The third kappa shape index (κ3) is 3.66. The molecular formula is C14H18N4O. The van der Waals surface area contributed by atoms with Crippen LogP contribution in [-0.4, -0.2) is 22.1 Å². The van der Waals surface area contributed by atoms with Crippen molar-refractivity contribution in [3.05, 3.63) is 36.5 Å². The third-order valence-corrected chi connectivity index (χ3v) is 2.95. The minimum atomic E-state index is -0.0794. The molecule has 0 aliphatic carbocycles. The minimum Gasteiger partial charge on any atom is -0.327 e. The minimum absolute atomic E-state index is 0.0522. The first-order valence-corrected chi connectivity index (χ1v) is 6.34. The van der Waals surface area contributed by atoms with Crippen LogP contribution in [0.15, 0.2) is 36.5 Å². The predicted molar refractivity (Wildman–Crippen MR) is 75.5 cm³/mol. The Morgan fingerprint density at radius 2 is 2.11 bits per heavy atom. The summed E-state index contributed by atoms with van der Waals surface area (Å²) in [6, 6.07) is 9.42. The number of hydrogen-bond acceptors (Lipinski definition) is 3. The highest BCUT2D eigenvalue weighted by atomic mass is 16.1. The van der Waals surface area contributed by atoms with Gasteiger partial charge in [0.25, 0.3) is 0 Å². The van der Waals surface area contributed by atoms with E-state index in [-0.39, 0.29) is 11.9 Å². The maximum Gasteiger partial charge on any atom is 0.225 e. The van der Waals surface area contributed by atoms with Gasteiger partial charge in [-0.1, -0.05) is 19.1 Å². The largest absolute Gasteiger partial charge is 0.327 e. The summed E-state index contributed by atoms with van der Waals surface area (Å²) >= 11 is 0. The molecule has 5 nitrogen and oxygen atoms in total. The van der Waals surface area contributed by atoms with E-state index in [1.54, 1.807) is 6.20 Å². The molecule has 0 radical (unpaired) electrons. The molecule has 0 aliphatic heterocycles. The van der Waals surface area contributed by atoms with Gasteiger partial charge in [-0.15, -0.1) is 0 Å². The molecule has 2 rings (SSSR count). The summed E-state index contributed by atoms with van der Waals surface area (Å²) in [5.41, 5.74) is 8.50. The van der Waals surface area contributed by atoms with Gasteiger partial charge in [-0.05, 0) is 30.2 Å². The van der Waals surface area contributed by atoms with Crippen molar-refractivity contribution >= 4 is 11.6 Å². The number of aromatic nitrogens is 2. The Morgan fingerprint density at radius 1 is 1.37 bits per heavy atom. The molecule has 0 saturated heterocycles. The molecule has 19 heavy (non-hydrogen) atoms. The molecule has 1 amide bonds. The van der Waals surface area contributed by atoms with Crippen molar-refractivity contribution in [1.29, 1.82) is 0 Å². The topological polar surface area (TPSA) is 83.8 Å². The van der Waals surface area contributed by atoms with E-state index in [4.69, 9.17) is 5.73 Å². The second-order valence-electron chi connectivity index (χ2n) is 4.47. The molecule has 100 valence electrons. The summed E-state index contributed by atoms with van der Waals surface area (Å²) in [5, 5.41) is 9.63. The fraction of sp³-hybridized carbons (Fsp3) is 0.286. The first-order valence-electron chi connectivity index (χ1n) is 6.34. The highest BCUT2D eigenvalue weighted by molar-refractivity contribution is 5.91. The zero-order valence-corrected chi connectivity index (χ0v) is 10.9. The molecule has 2 aromatic rings. The number of anilines is 1. The van der Waals surface area contributed by atoms with E-state index in [1.807, 2.05) is 37.3 Å². The number of benzene rings is 1. The molecule has 0 aliphatic rings. The zero-order chi connectivity index (χ0) is 13.7. The summed E-state index contributed by atoms with van der Waals surface area (Å²) in [5.74, 6) is -0.0522. The summed E-state index contributed by atoms with van der Waals surface area (Å²) in [7, 11) is 0. The maximum absolute atomic E-state index is 11.7. The monoisotopic (exact) mass is 258 g/mol. The Bertz CT molecular complexity index is 519. The molecule has 1 aromatic carbocycles. The molecule has 0 bridgehead atoms. The van der Waals surface area contributed by atoms with Crippen LogP contribution in [0.25, 0.3) is 11.3 Å². The molecule has 0 fully saturated rings. The van der Waals surface area contributed by atoms with Crippen LogP contribution in [0.2, 0.25) is 0 Å². The first-order chi connectivity index (χ1) is 9.19. The number of nitrogens with one attached hydrogen (secondary N) is 2. The number of carbonyl (C=O) groups is 1. The molecular weight excluding hydrogens is 240 g/mol. The summed E-state index contributed by atoms with van der Waals surface area (Å²) in [4.78, 5) is 11.7. The van der Waals surface area contributed by atoms with Crippen LogP contribution in [0.5, 0.6) is 0 Å². The molecule has 1 atom stereocenters. The molecule has 1 heterocycles. The predicted octanol–water partition coefficient (Wildman–Crippen LogP) is 2.14. The van der Waals surface area contributed by atoms with Crippen molar-refractivity contribution in [1.82, 2.24) is 10.2 Å². The van der Waals surface area contributed by atoms with E-state index < -0.39 is 0 Å². The Kier molecular flexibility index (Phi) is 4.30. The van der Waals surface area contributed by atoms with Crippen LogP contribution < -0.4 is 11.1 Å². The third-order valence-electron chi connectivity index (χ3n) is 2.95. The Morgan fingerprint density at radius 3 is 2.68 bits per heavy atom.